The average Bonchev–Trinajstić information content (AvgIpc) is 2.59. The van der Waals surface area contributed by atoms with E-state index in [1.54, 1.807) is 19.2 Å². The van der Waals surface area contributed by atoms with Crippen molar-refractivity contribution in [1.82, 2.24) is 9.97 Å². The van der Waals surface area contributed by atoms with Gasteiger partial charge in [-0.05, 0) is 11.0 Å². The SMILES string of the molecule is CNc1c(C=N)nc(C(C)C)nc1NCc1ccc(B(O)O)cc1. The minimum Gasteiger partial charge on any atom is -0.423 e. The smallest absolute Gasteiger partial charge is 0.423 e. The fraction of sp³-hybridized carbons (Fsp3) is 0.312. The van der Waals surface area contributed by atoms with Crippen LogP contribution in [0.1, 0.15) is 36.8 Å². The van der Waals surface area contributed by atoms with Gasteiger partial charge in [-0.25, -0.2) is 9.97 Å². The summed E-state index contributed by atoms with van der Waals surface area (Å²) in [7, 11) is 0.303. The van der Waals surface area contributed by atoms with Crippen molar-refractivity contribution >= 4 is 30.3 Å². The second kappa shape index (κ2) is 7.89. The molecule has 1 aromatic carbocycles. The van der Waals surface area contributed by atoms with Crippen LogP contribution in [0.15, 0.2) is 24.3 Å². The lowest BCUT2D eigenvalue weighted by Crippen LogP contribution is -2.29. The van der Waals surface area contributed by atoms with E-state index in [0.29, 0.717) is 35.0 Å². The summed E-state index contributed by atoms with van der Waals surface area (Å²) in [5.41, 5.74) is 2.64. The van der Waals surface area contributed by atoms with Gasteiger partial charge in [-0.2, -0.15) is 0 Å². The summed E-state index contributed by atoms with van der Waals surface area (Å²) in [5.74, 6) is 1.47. The van der Waals surface area contributed by atoms with Crippen LogP contribution in [0.2, 0.25) is 0 Å². The fourth-order valence-corrected chi connectivity index (χ4v) is 2.23. The Morgan fingerprint density at radius 1 is 1.21 bits per heavy atom. The van der Waals surface area contributed by atoms with E-state index < -0.39 is 7.12 Å². The van der Waals surface area contributed by atoms with Crippen LogP contribution < -0.4 is 16.1 Å². The van der Waals surface area contributed by atoms with Gasteiger partial charge in [-0.3, -0.25) is 0 Å². The van der Waals surface area contributed by atoms with Gasteiger partial charge >= 0.3 is 7.12 Å². The highest BCUT2D eigenvalue weighted by Gasteiger charge is 2.14. The molecule has 2 aromatic rings. The maximum absolute atomic E-state index is 9.12. The van der Waals surface area contributed by atoms with Gasteiger partial charge < -0.3 is 26.1 Å². The molecule has 0 saturated heterocycles. The molecule has 5 N–H and O–H groups in total. The third-order valence-corrected chi connectivity index (χ3v) is 3.60. The molecular formula is C16H22BN5O2. The Hall–Kier alpha value is -2.45. The van der Waals surface area contributed by atoms with Crippen molar-refractivity contribution in [3.63, 3.8) is 0 Å². The van der Waals surface area contributed by atoms with Crippen LogP contribution in [0.4, 0.5) is 11.5 Å². The lowest BCUT2D eigenvalue weighted by molar-refractivity contribution is 0.426. The summed E-state index contributed by atoms with van der Waals surface area (Å²) in [6, 6.07) is 6.98. The summed E-state index contributed by atoms with van der Waals surface area (Å²) >= 11 is 0. The first-order valence-electron chi connectivity index (χ1n) is 7.75. The molecule has 0 aliphatic heterocycles. The summed E-state index contributed by atoms with van der Waals surface area (Å²) in [6.07, 6.45) is 1.21. The molecule has 0 radical (unpaired) electrons. The van der Waals surface area contributed by atoms with Crippen LogP contribution in [0.25, 0.3) is 0 Å². The Kier molecular flexibility index (Phi) is 5.89. The second-order valence-electron chi connectivity index (χ2n) is 5.71. The molecule has 1 aromatic heterocycles. The van der Waals surface area contributed by atoms with E-state index in [-0.39, 0.29) is 5.92 Å². The molecule has 126 valence electrons. The molecule has 0 fully saturated rings. The van der Waals surface area contributed by atoms with E-state index in [9.17, 15) is 0 Å². The second-order valence-corrected chi connectivity index (χ2v) is 5.71. The zero-order chi connectivity index (χ0) is 17.7. The molecule has 0 saturated carbocycles. The summed E-state index contributed by atoms with van der Waals surface area (Å²) < 4.78 is 0. The highest BCUT2D eigenvalue weighted by Crippen LogP contribution is 2.24. The van der Waals surface area contributed by atoms with Crippen LogP contribution in [-0.2, 0) is 6.54 Å². The number of anilines is 2. The molecule has 7 nitrogen and oxygen atoms in total. The Labute approximate surface area is 141 Å². The van der Waals surface area contributed by atoms with Crippen LogP contribution in [0, 0.1) is 5.41 Å². The topological polar surface area (TPSA) is 114 Å². The predicted octanol–water partition coefficient (Wildman–Crippen LogP) is 0.931. The van der Waals surface area contributed by atoms with Gasteiger partial charge in [0.2, 0.25) is 0 Å². The molecule has 1 heterocycles. The summed E-state index contributed by atoms with van der Waals surface area (Å²) in [5, 5.41) is 32.1. The van der Waals surface area contributed by atoms with Gasteiger partial charge in [0.05, 0.1) is 0 Å². The Morgan fingerprint density at radius 3 is 2.38 bits per heavy atom. The first kappa shape index (κ1) is 17.9. The first-order chi connectivity index (χ1) is 11.5. The van der Waals surface area contributed by atoms with Crippen molar-refractivity contribution in [2.24, 2.45) is 0 Å². The van der Waals surface area contributed by atoms with E-state index in [2.05, 4.69) is 20.6 Å². The number of benzene rings is 1. The lowest BCUT2D eigenvalue weighted by Gasteiger charge is -2.15. The van der Waals surface area contributed by atoms with Crippen LogP contribution in [0.3, 0.4) is 0 Å². The van der Waals surface area contributed by atoms with Crippen LogP contribution in [-0.4, -0.2) is 40.4 Å². The molecule has 0 atom stereocenters. The Bertz CT molecular complexity index is 704. The highest BCUT2D eigenvalue weighted by molar-refractivity contribution is 6.58. The number of hydrogen-bond donors (Lipinski definition) is 5. The minimum atomic E-state index is -1.46. The van der Waals surface area contributed by atoms with Crippen molar-refractivity contribution < 1.29 is 10.0 Å². The molecule has 0 aliphatic rings. The van der Waals surface area contributed by atoms with Crippen molar-refractivity contribution in [1.29, 1.82) is 5.41 Å². The van der Waals surface area contributed by atoms with Crippen molar-refractivity contribution in [3.8, 4) is 0 Å². The molecule has 8 heteroatoms. The standard InChI is InChI=1S/C16H22BN5O2/c1-10(2)15-21-13(8-18)14(19-3)16(22-15)20-9-11-4-6-12(7-5-11)17(23)24/h4-8,10,18-19,23-24H,9H2,1-3H3,(H,20,21,22). The monoisotopic (exact) mass is 327 g/mol. The van der Waals surface area contributed by atoms with Crippen molar-refractivity contribution in [3.05, 3.63) is 41.3 Å². The summed E-state index contributed by atoms with van der Waals surface area (Å²) in [4.78, 5) is 8.94. The van der Waals surface area contributed by atoms with E-state index >= 15 is 0 Å². The quantitative estimate of drug-likeness (QED) is 0.382. The highest BCUT2D eigenvalue weighted by atomic mass is 16.4. The van der Waals surface area contributed by atoms with Crippen LogP contribution in [0.5, 0.6) is 0 Å². The molecule has 0 aliphatic carbocycles. The van der Waals surface area contributed by atoms with E-state index in [0.717, 1.165) is 5.56 Å². The zero-order valence-electron chi connectivity index (χ0n) is 14.0. The Balaban J connectivity index is 2.24. The van der Waals surface area contributed by atoms with Gasteiger partial charge in [-0.1, -0.05) is 38.1 Å². The maximum atomic E-state index is 9.12. The summed E-state index contributed by atoms with van der Waals surface area (Å²) in [6.45, 7) is 4.53. The van der Waals surface area contributed by atoms with Gasteiger partial charge in [0.15, 0.2) is 5.82 Å². The van der Waals surface area contributed by atoms with Gasteiger partial charge in [0.1, 0.15) is 17.2 Å². The van der Waals surface area contributed by atoms with Crippen molar-refractivity contribution in [2.45, 2.75) is 26.3 Å². The molecule has 0 unspecified atom stereocenters. The maximum Gasteiger partial charge on any atom is 0.488 e. The molecule has 2 rings (SSSR count). The van der Waals surface area contributed by atoms with E-state index in [4.69, 9.17) is 15.5 Å². The number of nitrogens with zero attached hydrogens (tertiary/aromatic N) is 2. The third kappa shape index (κ3) is 4.09. The van der Waals surface area contributed by atoms with Gasteiger partial charge in [-0.15, -0.1) is 0 Å². The number of rotatable bonds is 7. The average molecular weight is 327 g/mol. The normalized spacial score (nSPS) is 10.6. The van der Waals surface area contributed by atoms with Crippen molar-refractivity contribution in [2.75, 3.05) is 17.7 Å². The predicted molar refractivity (Wildman–Crippen MR) is 97.1 cm³/mol. The molecule has 0 spiro atoms. The number of hydrogen-bond acceptors (Lipinski definition) is 7. The molecule has 0 bridgehead atoms. The van der Waals surface area contributed by atoms with E-state index in [1.165, 1.54) is 6.21 Å². The van der Waals surface area contributed by atoms with Gasteiger partial charge in [0.25, 0.3) is 0 Å². The Morgan fingerprint density at radius 2 is 1.88 bits per heavy atom. The molecular weight excluding hydrogens is 305 g/mol. The lowest BCUT2D eigenvalue weighted by atomic mass is 9.80. The van der Waals surface area contributed by atoms with Crippen LogP contribution >= 0.6 is 0 Å². The minimum absolute atomic E-state index is 0.153. The zero-order valence-corrected chi connectivity index (χ0v) is 14.0. The number of nitrogens with one attached hydrogen (secondary N) is 3. The van der Waals surface area contributed by atoms with E-state index in [1.807, 2.05) is 26.0 Å². The number of aromatic nitrogens is 2. The van der Waals surface area contributed by atoms with Gasteiger partial charge in [0, 0.05) is 25.7 Å². The largest absolute Gasteiger partial charge is 0.488 e. The molecule has 24 heavy (non-hydrogen) atoms. The fourth-order valence-electron chi connectivity index (χ4n) is 2.23. The third-order valence-electron chi connectivity index (χ3n) is 3.60. The first-order valence-corrected chi connectivity index (χ1v) is 7.75. The molecule has 0 amide bonds.